The summed E-state index contributed by atoms with van der Waals surface area (Å²) in [5.41, 5.74) is 1.01. The molecule has 4 rings (SSSR count). The van der Waals surface area contributed by atoms with Gasteiger partial charge in [-0.05, 0) is 39.2 Å². The largest absolute Gasteiger partial charge is 0.369 e. The molecule has 30 heavy (non-hydrogen) atoms. The van der Waals surface area contributed by atoms with Crippen molar-refractivity contribution in [1.29, 1.82) is 0 Å². The first-order valence-corrected chi connectivity index (χ1v) is 11.5. The van der Waals surface area contributed by atoms with Gasteiger partial charge in [-0.15, -0.1) is 11.3 Å². The SMILES string of the molecule is CN(C)CCCNc1nc(CN2CCN(Cc3nccs3)CC2)nc2ccccc12. The van der Waals surface area contributed by atoms with E-state index in [1.165, 1.54) is 5.01 Å². The van der Waals surface area contributed by atoms with Gasteiger partial charge in [0.1, 0.15) is 16.6 Å². The van der Waals surface area contributed by atoms with E-state index in [0.717, 1.165) is 81.3 Å². The topological polar surface area (TPSA) is 60.4 Å². The second-order valence-electron chi connectivity index (χ2n) is 8.07. The molecule has 2 aromatic heterocycles. The van der Waals surface area contributed by atoms with E-state index in [9.17, 15) is 0 Å². The minimum Gasteiger partial charge on any atom is -0.369 e. The van der Waals surface area contributed by atoms with Crippen LogP contribution in [-0.4, -0.2) is 83.0 Å². The Hall–Kier alpha value is -2.13. The standard InChI is InChI=1S/C22H31N7S/c1-27(2)10-5-8-24-22-18-6-3-4-7-19(18)25-20(26-22)16-28-11-13-29(14-12-28)17-21-23-9-15-30-21/h3-4,6-7,9,15H,5,8,10-14,16-17H2,1-2H3,(H,24,25,26). The molecular weight excluding hydrogens is 394 g/mol. The van der Waals surface area contributed by atoms with Gasteiger partial charge in [-0.25, -0.2) is 15.0 Å². The van der Waals surface area contributed by atoms with Crippen LogP contribution in [0.2, 0.25) is 0 Å². The first-order chi connectivity index (χ1) is 14.7. The predicted molar refractivity (Wildman–Crippen MR) is 124 cm³/mol. The van der Waals surface area contributed by atoms with Crippen LogP contribution in [0, 0.1) is 0 Å². The Kier molecular flexibility index (Phi) is 7.22. The Labute approximate surface area is 182 Å². The molecule has 1 saturated heterocycles. The number of nitrogens with one attached hydrogen (secondary N) is 1. The number of thiazole rings is 1. The van der Waals surface area contributed by atoms with Crippen LogP contribution in [0.1, 0.15) is 17.3 Å². The molecule has 3 aromatic rings. The lowest BCUT2D eigenvalue weighted by molar-refractivity contribution is 0.120. The molecule has 1 fully saturated rings. The summed E-state index contributed by atoms with van der Waals surface area (Å²) in [4.78, 5) is 21.3. The molecule has 1 aliphatic rings. The summed E-state index contributed by atoms with van der Waals surface area (Å²) < 4.78 is 0. The lowest BCUT2D eigenvalue weighted by Gasteiger charge is -2.33. The van der Waals surface area contributed by atoms with Crippen LogP contribution in [0.15, 0.2) is 35.8 Å². The van der Waals surface area contributed by atoms with Crippen LogP contribution < -0.4 is 5.32 Å². The average molecular weight is 426 g/mol. The highest BCUT2D eigenvalue weighted by Crippen LogP contribution is 2.21. The van der Waals surface area contributed by atoms with Crippen molar-refractivity contribution in [3.05, 3.63) is 46.7 Å². The fourth-order valence-electron chi connectivity index (χ4n) is 3.76. The fraction of sp³-hybridized carbons (Fsp3) is 0.500. The van der Waals surface area contributed by atoms with Crippen LogP contribution in [-0.2, 0) is 13.1 Å². The summed E-state index contributed by atoms with van der Waals surface area (Å²) in [6.07, 6.45) is 2.97. The van der Waals surface area contributed by atoms with Crippen molar-refractivity contribution in [3.63, 3.8) is 0 Å². The van der Waals surface area contributed by atoms with E-state index in [4.69, 9.17) is 9.97 Å². The number of aromatic nitrogens is 3. The van der Waals surface area contributed by atoms with Crippen molar-refractivity contribution >= 4 is 28.1 Å². The van der Waals surface area contributed by atoms with Crippen LogP contribution in [0.5, 0.6) is 0 Å². The molecule has 0 unspecified atom stereocenters. The van der Waals surface area contributed by atoms with E-state index in [1.54, 1.807) is 11.3 Å². The van der Waals surface area contributed by atoms with Gasteiger partial charge in [0.25, 0.3) is 0 Å². The minimum absolute atomic E-state index is 0.794. The summed E-state index contributed by atoms with van der Waals surface area (Å²) in [5.74, 6) is 1.86. The van der Waals surface area contributed by atoms with E-state index < -0.39 is 0 Å². The Morgan fingerprint density at radius 2 is 1.80 bits per heavy atom. The summed E-state index contributed by atoms with van der Waals surface area (Å²) in [5, 5.41) is 7.89. The Balaban J connectivity index is 1.37. The van der Waals surface area contributed by atoms with Crippen LogP contribution in [0.4, 0.5) is 5.82 Å². The molecule has 1 aromatic carbocycles. The van der Waals surface area contributed by atoms with E-state index in [1.807, 2.05) is 12.3 Å². The van der Waals surface area contributed by atoms with Crippen molar-refractivity contribution in [2.75, 3.05) is 58.7 Å². The fourth-order valence-corrected chi connectivity index (χ4v) is 4.42. The monoisotopic (exact) mass is 425 g/mol. The van der Waals surface area contributed by atoms with Gasteiger partial charge in [0.15, 0.2) is 0 Å². The van der Waals surface area contributed by atoms with E-state index >= 15 is 0 Å². The number of piperazine rings is 1. The Bertz CT molecular complexity index is 920. The van der Waals surface area contributed by atoms with Crippen molar-refractivity contribution in [2.45, 2.75) is 19.5 Å². The zero-order valence-electron chi connectivity index (χ0n) is 17.9. The third-order valence-electron chi connectivity index (χ3n) is 5.40. The number of fused-ring (bicyclic) bond motifs is 1. The maximum absolute atomic E-state index is 4.89. The first-order valence-electron chi connectivity index (χ1n) is 10.6. The summed E-state index contributed by atoms with van der Waals surface area (Å²) in [6.45, 7) is 7.91. The third-order valence-corrected chi connectivity index (χ3v) is 6.16. The van der Waals surface area contributed by atoms with Crippen LogP contribution >= 0.6 is 11.3 Å². The molecule has 1 aliphatic heterocycles. The molecule has 1 N–H and O–H groups in total. The zero-order valence-corrected chi connectivity index (χ0v) is 18.7. The van der Waals surface area contributed by atoms with Crippen molar-refractivity contribution < 1.29 is 0 Å². The second kappa shape index (κ2) is 10.3. The highest BCUT2D eigenvalue weighted by molar-refractivity contribution is 7.09. The lowest BCUT2D eigenvalue weighted by Crippen LogP contribution is -2.45. The summed E-state index contributed by atoms with van der Waals surface area (Å²) >= 11 is 1.74. The quantitative estimate of drug-likeness (QED) is 0.529. The van der Waals surface area contributed by atoms with Gasteiger partial charge in [-0.3, -0.25) is 9.80 Å². The minimum atomic E-state index is 0.794. The molecule has 0 aliphatic carbocycles. The van der Waals surface area contributed by atoms with Gasteiger partial charge in [-0.1, -0.05) is 12.1 Å². The van der Waals surface area contributed by atoms with Crippen molar-refractivity contribution in [2.24, 2.45) is 0 Å². The molecule has 0 spiro atoms. The number of hydrogen-bond donors (Lipinski definition) is 1. The average Bonchev–Trinajstić information content (AvgIpc) is 3.25. The molecule has 7 nitrogen and oxygen atoms in total. The van der Waals surface area contributed by atoms with Crippen LogP contribution in [0.3, 0.4) is 0 Å². The normalized spacial score (nSPS) is 15.8. The van der Waals surface area contributed by atoms with Gasteiger partial charge >= 0.3 is 0 Å². The smallest absolute Gasteiger partial charge is 0.145 e. The molecule has 0 amide bonds. The molecule has 160 valence electrons. The highest BCUT2D eigenvalue weighted by atomic mass is 32.1. The molecular formula is C22H31N7S. The maximum atomic E-state index is 4.89. The first kappa shape index (κ1) is 21.1. The highest BCUT2D eigenvalue weighted by Gasteiger charge is 2.19. The molecule has 0 bridgehead atoms. The van der Waals surface area contributed by atoms with Crippen LogP contribution in [0.25, 0.3) is 10.9 Å². The number of anilines is 1. The third kappa shape index (κ3) is 5.72. The van der Waals surface area contributed by atoms with Gasteiger partial charge in [0, 0.05) is 49.7 Å². The lowest BCUT2D eigenvalue weighted by atomic mass is 10.2. The molecule has 0 radical (unpaired) electrons. The predicted octanol–water partition coefficient (Wildman–Crippen LogP) is 2.77. The number of benzene rings is 1. The molecule has 3 heterocycles. The van der Waals surface area contributed by atoms with E-state index in [0.29, 0.717) is 0 Å². The number of hydrogen-bond acceptors (Lipinski definition) is 8. The molecule has 8 heteroatoms. The summed E-state index contributed by atoms with van der Waals surface area (Å²) in [6, 6.07) is 8.28. The number of nitrogens with zero attached hydrogens (tertiary/aromatic N) is 6. The Morgan fingerprint density at radius 3 is 2.53 bits per heavy atom. The molecule has 0 atom stereocenters. The van der Waals surface area contributed by atoms with E-state index in [-0.39, 0.29) is 0 Å². The van der Waals surface area contributed by atoms with Crippen molar-refractivity contribution in [1.82, 2.24) is 29.7 Å². The maximum Gasteiger partial charge on any atom is 0.145 e. The van der Waals surface area contributed by atoms with Gasteiger partial charge in [0.05, 0.1) is 18.6 Å². The van der Waals surface area contributed by atoms with Gasteiger partial charge < -0.3 is 10.2 Å². The number of para-hydroxylation sites is 1. The number of rotatable bonds is 9. The van der Waals surface area contributed by atoms with Gasteiger partial charge in [-0.2, -0.15) is 0 Å². The van der Waals surface area contributed by atoms with Gasteiger partial charge in [0.2, 0.25) is 0 Å². The summed E-state index contributed by atoms with van der Waals surface area (Å²) in [7, 11) is 4.21. The Morgan fingerprint density at radius 1 is 1.03 bits per heavy atom. The zero-order chi connectivity index (χ0) is 20.8. The molecule has 0 saturated carbocycles. The van der Waals surface area contributed by atoms with E-state index in [2.05, 4.69) is 62.7 Å². The van der Waals surface area contributed by atoms with Crippen molar-refractivity contribution in [3.8, 4) is 0 Å². The second-order valence-corrected chi connectivity index (χ2v) is 9.05.